The molecule has 1 aromatic rings. The van der Waals surface area contributed by atoms with E-state index in [1.807, 2.05) is 0 Å². The van der Waals surface area contributed by atoms with Gasteiger partial charge in [0.15, 0.2) is 0 Å². The van der Waals surface area contributed by atoms with E-state index in [1.165, 1.54) is 0 Å². The van der Waals surface area contributed by atoms with Crippen LogP contribution < -0.4 is 5.69 Å². The van der Waals surface area contributed by atoms with Crippen molar-refractivity contribution in [3.63, 3.8) is 0 Å². The van der Waals surface area contributed by atoms with Crippen molar-refractivity contribution in [2.45, 2.75) is 54.5 Å². The van der Waals surface area contributed by atoms with Crippen LogP contribution in [-0.4, -0.2) is 20.6 Å². The van der Waals surface area contributed by atoms with Gasteiger partial charge in [0.2, 0.25) is 0 Å². The minimum absolute atomic E-state index is 0.0731. The lowest BCUT2D eigenvalue weighted by Crippen LogP contribution is -2.33. The highest BCUT2D eigenvalue weighted by molar-refractivity contribution is 5.70. The molecule has 1 N–H and O–H groups in total. The zero-order valence-electron chi connectivity index (χ0n) is 13.1. The molecule has 0 amide bonds. The second-order valence-corrected chi connectivity index (χ2v) is 6.49. The Labute approximate surface area is 119 Å². The van der Waals surface area contributed by atoms with Crippen molar-refractivity contribution < 1.29 is 9.90 Å². The van der Waals surface area contributed by atoms with Crippen LogP contribution in [0.5, 0.6) is 0 Å². The van der Waals surface area contributed by atoms with Crippen molar-refractivity contribution in [2.75, 3.05) is 0 Å². The minimum atomic E-state index is -0.910. The van der Waals surface area contributed by atoms with Gasteiger partial charge in [-0.1, -0.05) is 27.7 Å². The van der Waals surface area contributed by atoms with Crippen LogP contribution >= 0.6 is 0 Å². The van der Waals surface area contributed by atoms with E-state index in [1.54, 1.807) is 18.4 Å². The molecule has 0 fully saturated rings. The Kier molecular flexibility index (Phi) is 4.73. The van der Waals surface area contributed by atoms with Crippen LogP contribution in [0.15, 0.2) is 4.79 Å². The SMILES string of the molecule is Cc1nc(=O)n(CC(C)C(C)(C)C)c(C)c1CC(=O)O. The molecular weight excluding hydrogens is 256 g/mol. The van der Waals surface area contributed by atoms with E-state index in [-0.39, 0.29) is 23.4 Å². The van der Waals surface area contributed by atoms with Gasteiger partial charge in [-0.2, -0.15) is 4.98 Å². The fourth-order valence-electron chi connectivity index (χ4n) is 2.01. The summed E-state index contributed by atoms with van der Waals surface area (Å²) in [5, 5.41) is 8.97. The van der Waals surface area contributed by atoms with E-state index in [2.05, 4.69) is 32.7 Å². The van der Waals surface area contributed by atoms with E-state index in [0.29, 0.717) is 23.5 Å². The average molecular weight is 280 g/mol. The number of nitrogens with zero attached hydrogens (tertiary/aromatic N) is 2. The second-order valence-electron chi connectivity index (χ2n) is 6.49. The van der Waals surface area contributed by atoms with E-state index in [9.17, 15) is 9.59 Å². The van der Waals surface area contributed by atoms with Crippen LogP contribution in [0.2, 0.25) is 0 Å². The van der Waals surface area contributed by atoms with Gasteiger partial charge < -0.3 is 5.11 Å². The lowest BCUT2D eigenvalue weighted by Gasteiger charge is -2.28. The Morgan fingerprint density at radius 3 is 2.35 bits per heavy atom. The number of rotatable bonds is 4. The van der Waals surface area contributed by atoms with Gasteiger partial charge in [0.05, 0.1) is 6.42 Å². The fourth-order valence-corrected chi connectivity index (χ4v) is 2.01. The molecule has 0 aliphatic heterocycles. The summed E-state index contributed by atoms with van der Waals surface area (Å²) in [7, 11) is 0. The normalized spacial score (nSPS) is 13.3. The van der Waals surface area contributed by atoms with Crippen LogP contribution in [0.1, 0.15) is 44.6 Å². The monoisotopic (exact) mass is 280 g/mol. The Morgan fingerprint density at radius 1 is 1.35 bits per heavy atom. The zero-order chi connectivity index (χ0) is 15.7. The van der Waals surface area contributed by atoms with Crippen LogP contribution in [0.3, 0.4) is 0 Å². The minimum Gasteiger partial charge on any atom is -0.481 e. The van der Waals surface area contributed by atoms with E-state index in [4.69, 9.17) is 5.11 Å². The maximum absolute atomic E-state index is 12.1. The summed E-state index contributed by atoms with van der Waals surface area (Å²) in [5.41, 5.74) is 1.63. The third kappa shape index (κ3) is 3.68. The highest BCUT2D eigenvalue weighted by atomic mass is 16.4. The number of carboxylic acid groups (broad SMARTS) is 1. The highest BCUT2D eigenvalue weighted by Crippen LogP contribution is 2.27. The Hall–Kier alpha value is -1.65. The molecule has 1 atom stereocenters. The molecule has 1 unspecified atom stereocenters. The molecule has 112 valence electrons. The number of carbonyl (C=O) groups is 1. The molecule has 0 aromatic carbocycles. The molecule has 5 heteroatoms. The van der Waals surface area contributed by atoms with Crippen molar-refractivity contribution in [1.82, 2.24) is 9.55 Å². The van der Waals surface area contributed by atoms with Crippen LogP contribution in [-0.2, 0) is 17.8 Å². The van der Waals surface area contributed by atoms with Gasteiger partial charge in [-0.3, -0.25) is 9.36 Å². The first-order chi connectivity index (χ1) is 9.04. The first-order valence-electron chi connectivity index (χ1n) is 6.82. The van der Waals surface area contributed by atoms with Gasteiger partial charge in [0.1, 0.15) is 0 Å². The average Bonchev–Trinajstić information content (AvgIpc) is 2.28. The molecule has 0 bridgehead atoms. The van der Waals surface area contributed by atoms with Crippen molar-refractivity contribution in [2.24, 2.45) is 11.3 Å². The van der Waals surface area contributed by atoms with Crippen molar-refractivity contribution in [1.29, 1.82) is 0 Å². The predicted octanol–water partition coefficient (Wildman–Crippen LogP) is 2.17. The van der Waals surface area contributed by atoms with E-state index < -0.39 is 5.97 Å². The van der Waals surface area contributed by atoms with Crippen LogP contribution in [0, 0.1) is 25.2 Å². The van der Waals surface area contributed by atoms with E-state index in [0.717, 1.165) is 0 Å². The molecule has 0 saturated carbocycles. The van der Waals surface area contributed by atoms with Gasteiger partial charge in [-0.15, -0.1) is 0 Å². The van der Waals surface area contributed by atoms with Crippen molar-refractivity contribution in [3.8, 4) is 0 Å². The molecule has 0 spiro atoms. The Bertz CT molecular complexity index is 568. The van der Waals surface area contributed by atoms with Crippen molar-refractivity contribution in [3.05, 3.63) is 27.4 Å². The molecule has 0 aliphatic rings. The van der Waals surface area contributed by atoms with Gasteiger partial charge in [-0.05, 0) is 25.2 Å². The molecule has 0 radical (unpaired) electrons. The van der Waals surface area contributed by atoms with Gasteiger partial charge in [0, 0.05) is 23.5 Å². The van der Waals surface area contributed by atoms with Gasteiger partial charge in [-0.25, -0.2) is 4.79 Å². The van der Waals surface area contributed by atoms with Gasteiger partial charge >= 0.3 is 11.7 Å². The maximum Gasteiger partial charge on any atom is 0.347 e. The topological polar surface area (TPSA) is 72.2 Å². The number of aromatic nitrogens is 2. The highest BCUT2D eigenvalue weighted by Gasteiger charge is 2.23. The Morgan fingerprint density at radius 2 is 1.90 bits per heavy atom. The first kappa shape index (κ1) is 16.4. The number of hydrogen-bond acceptors (Lipinski definition) is 3. The summed E-state index contributed by atoms with van der Waals surface area (Å²) in [4.78, 5) is 27.0. The third-order valence-corrected chi connectivity index (χ3v) is 4.04. The molecule has 0 aliphatic carbocycles. The first-order valence-corrected chi connectivity index (χ1v) is 6.82. The second kappa shape index (κ2) is 5.77. The summed E-state index contributed by atoms with van der Waals surface area (Å²) in [6.07, 6.45) is -0.102. The number of aryl methyl sites for hydroxylation is 1. The largest absolute Gasteiger partial charge is 0.481 e. The molecule has 1 heterocycles. The third-order valence-electron chi connectivity index (χ3n) is 4.04. The number of carboxylic acids is 1. The Balaban J connectivity index is 3.27. The zero-order valence-corrected chi connectivity index (χ0v) is 13.1. The quantitative estimate of drug-likeness (QED) is 0.917. The van der Waals surface area contributed by atoms with E-state index >= 15 is 0 Å². The molecule has 1 rings (SSSR count). The molecular formula is C15H24N2O3. The summed E-state index contributed by atoms with van der Waals surface area (Å²) >= 11 is 0. The summed E-state index contributed by atoms with van der Waals surface area (Å²) < 4.78 is 1.60. The fraction of sp³-hybridized carbons (Fsp3) is 0.667. The molecule has 5 nitrogen and oxygen atoms in total. The standard InChI is InChI=1S/C15H24N2O3/c1-9(15(4,5)6)8-17-11(3)12(7-13(18)19)10(2)16-14(17)20/h9H,7-8H2,1-6H3,(H,18,19). The number of hydrogen-bond donors (Lipinski definition) is 1. The summed E-state index contributed by atoms with van der Waals surface area (Å²) in [5.74, 6) is -0.631. The summed E-state index contributed by atoms with van der Waals surface area (Å²) in [6.45, 7) is 12.5. The lowest BCUT2D eigenvalue weighted by atomic mass is 9.82. The lowest BCUT2D eigenvalue weighted by molar-refractivity contribution is -0.136. The van der Waals surface area contributed by atoms with Crippen LogP contribution in [0.4, 0.5) is 0 Å². The smallest absolute Gasteiger partial charge is 0.347 e. The number of aliphatic carboxylic acids is 1. The molecule has 1 aromatic heterocycles. The van der Waals surface area contributed by atoms with Gasteiger partial charge in [0.25, 0.3) is 0 Å². The molecule has 20 heavy (non-hydrogen) atoms. The maximum atomic E-state index is 12.1. The predicted molar refractivity (Wildman–Crippen MR) is 77.9 cm³/mol. The molecule has 0 saturated heterocycles. The van der Waals surface area contributed by atoms with Crippen molar-refractivity contribution >= 4 is 5.97 Å². The summed E-state index contributed by atoms with van der Waals surface area (Å²) in [6, 6.07) is 0. The van der Waals surface area contributed by atoms with Crippen LogP contribution in [0.25, 0.3) is 0 Å².